The molecule has 1 aromatic carbocycles. The number of fused-ring (bicyclic) bond motifs is 1. The normalized spacial score (nSPS) is 12.5. The van der Waals surface area contributed by atoms with Gasteiger partial charge in [0.1, 0.15) is 17.0 Å². The Hall–Kier alpha value is -2.59. The number of hydrogen-bond acceptors (Lipinski definition) is 4. The molecule has 0 amide bonds. The van der Waals surface area contributed by atoms with Crippen molar-refractivity contribution in [3.63, 3.8) is 0 Å². The van der Waals surface area contributed by atoms with Gasteiger partial charge in [-0.2, -0.15) is 13.2 Å². The van der Waals surface area contributed by atoms with E-state index in [-0.39, 0.29) is 6.04 Å². The minimum absolute atomic E-state index is 0.0416. The van der Waals surface area contributed by atoms with Crippen LogP contribution in [0.5, 0.6) is 0 Å². The van der Waals surface area contributed by atoms with Crippen molar-refractivity contribution in [3.05, 3.63) is 53.2 Å². The van der Waals surface area contributed by atoms with E-state index in [9.17, 15) is 13.2 Å². The Balaban J connectivity index is 1.62. The van der Waals surface area contributed by atoms with Gasteiger partial charge in [-0.25, -0.2) is 9.97 Å². The molecule has 2 heterocycles. The summed E-state index contributed by atoms with van der Waals surface area (Å²) in [5.74, 6) is 6.63. The molecule has 0 spiro atoms. The van der Waals surface area contributed by atoms with Crippen molar-refractivity contribution >= 4 is 27.4 Å². The number of aromatic nitrogens is 2. The second kappa shape index (κ2) is 7.11. The van der Waals surface area contributed by atoms with Crippen LogP contribution >= 0.6 is 11.3 Å². The summed E-state index contributed by atoms with van der Waals surface area (Å²) in [5.41, 5.74) is -0.112. The lowest BCUT2D eigenvalue weighted by atomic mass is 10.1. The van der Waals surface area contributed by atoms with Crippen LogP contribution in [0, 0.1) is 11.8 Å². The van der Waals surface area contributed by atoms with Gasteiger partial charge in [0.2, 0.25) is 0 Å². The van der Waals surface area contributed by atoms with E-state index in [1.54, 1.807) is 11.3 Å². The zero-order chi connectivity index (χ0) is 17.9. The Morgan fingerprint density at radius 3 is 2.64 bits per heavy atom. The minimum atomic E-state index is -4.32. The standard InChI is InChI=1S/C18H14F3N3S/c1-12(24-16-15-9-10-25-17(15)23-11-22-16)3-2-4-13-5-7-14(8-6-13)18(19,20)21/h5-12H,3H2,1H3,(H,22,23,24). The highest BCUT2D eigenvalue weighted by atomic mass is 32.1. The maximum absolute atomic E-state index is 12.5. The third kappa shape index (κ3) is 4.28. The van der Waals surface area contributed by atoms with E-state index in [0.29, 0.717) is 12.0 Å². The summed E-state index contributed by atoms with van der Waals surface area (Å²) < 4.78 is 37.6. The van der Waals surface area contributed by atoms with Crippen molar-refractivity contribution < 1.29 is 13.2 Å². The molecule has 25 heavy (non-hydrogen) atoms. The van der Waals surface area contributed by atoms with Crippen LogP contribution in [0.4, 0.5) is 19.0 Å². The third-order valence-corrected chi connectivity index (χ3v) is 4.32. The monoisotopic (exact) mass is 361 g/mol. The van der Waals surface area contributed by atoms with Gasteiger partial charge in [0, 0.05) is 18.0 Å². The lowest BCUT2D eigenvalue weighted by Gasteiger charge is -2.11. The van der Waals surface area contributed by atoms with Crippen LogP contribution in [0.25, 0.3) is 10.2 Å². The van der Waals surface area contributed by atoms with Gasteiger partial charge in [0.25, 0.3) is 0 Å². The number of nitrogens with one attached hydrogen (secondary N) is 1. The number of thiophene rings is 1. The van der Waals surface area contributed by atoms with Gasteiger partial charge in [-0.15, -0.1) is 11.3 Å². The Morgan fingerprint density at radius 1 is 1.16 bits per heavy atom. The number of rotatable bonds is 3. The average molecular weight is 361 g/mol. The molecule has 0 radical (unpaired) electrons. The Bertz CT molecular complexity index is 920. The van der Waals surface area contributed by atoms with E-state index in [1.165, 1.54) is 18.5 Å². The number of alkyl halides is 3. The third-order valence-electron chi connectivity index (χ3n) is 3.50. The molecule has 3 rings (SSSR count). The number of nitrogens with zero attached hydrogens (tertiary/aromatic N) is 2. The van der Waals surface area contributed by atoms with Crippen molar-refractivity contribution in [2.24, 2.45) is 0 Å². The highest BCUT2D eigenvalue weighted by Crippen LogP contribution is 2.29. The molecule has 0 saturated heterocycles. The van der Waals surface area contributed by atoms with E-state index >= 15 is 0 Å². The van der Waals surface area contributed by atoms with Crippen molar-refractivity contribution in [1.29, 1.82) is 0 Å². The van der Waals surface area contributed by atoms with Crippen LogP contribution < -0.4 is 5.32 Å². The van der Waals surface area contributed by atoms with Gasteiger partial charge in [-0.05, 0) is 42.6 Å². The van der Waals surface area contributed by atoms with Crippen molar-refractivity contribution in [1.82, 2.24) is 9.97 Å². The topological polar surface area (TPSA) is 37.8 Å². The molecule has 0 fully saturated rings. The fraction of sp³-hybridized carbons (Fsp3) is 0.222. The zero-order valence-electron chi connectivity index (χ0n) is 13.3. The van der Waals surface area contributed by atoms with Crippen LogP contribution in [0.15, 0.2) is 42.0 Å². The number of halogens is 3. The first-order chi connectivity index (χ1) is 11.9. The average Bonchev–Trinajstić information content (AvgIpc) is 3.04. The Morgan fingerprint density at radius 2 is 1.92 bits per heavy atom. The molecule has 128 valence electrons. The molecule has 3 aromatic rings. The predicted octanol–water partition coefficient (Wildman–Crippen LogP) is 4.95. The van der Waals surface area contributed by atoms with Gasteiger partial charge >= 0.3 is 6.18 Å². The summed E-state index contributed by atoms with van der Waals surface area (Å²) in [5, 5.41) is 6.22. The van der Waals surface area contributed by atoms with E-state index in [4.69, 9.17) is 0 Å². The maximum atomic E-state index is 12.5. The van der Waals surface area contributed by atoms with Crippen LogP contribution in [-0.4, -0.2) is 16.0 Å². The molecule has 0 saturated carbocycles. The van der Waals surface area contributed by atoms with Crippen molar-refractivity contribution in [2.75, 3.05) is 5.32 Å². The Kier molecular flexibility index (Phi) is 4.91. The maximum Gasteiger partial charge on any atom is 0.416 e. The van der Waals surface area contributed by atoms with Crippen LogP contribution in [0.2, 0.25) is 0 Å². The fourth-order valence-electron chi connectivity index (χ4n) is 2.24. The first-order valence-corrected chi connectivity index (χ1v) is 8.42. The molecule has 0 aliphatic rings. The summed E-state index contributed by atoms with van der Waals surface area (Å²) in [6, 6.07) is 6.85. The Labute approximate surface area is 146 Å². The van der Waals surface area contributed by atoms with Crippen LogP contribution in [0.3, 0.4) is 0 Å². The summed E-state index contributed by atoms with van der Waals surface area (Å²) >= 11 is 1.55. The first kappa shape index (κ1) is 17.2. The molecule has 7 heteroatoms. The predicted molar refractivity (Wildman–Crippen MR) is 93.4 cm³/mol. The molecule has 0 aliphatic heterocycles. The molecular formula is C18H14F3N3S. The fourth-order valence-corrected chi connectivity index (χ4v) is 2.97. The number of anilines is 1. The summed E-state index contributed by atoms with van der Waals surface area (Å²) in [6.07, 6.45) is -2.27. The van der Waals surface area contributed by atoms with E-state index < -0.39 is 11.7 Å². The van der Waals surface area contributed by atoms with Gasteiger partial charge in [-0.1, -0.05) is 11.8 Å². The van der Waals surface area contributed by atoms with E-state index in [1.807, 2.05) is 18.4 Å². The summed E-state index contributed by atoms with van der Waals surface area (Å²) in [6.45, 7) is 1.97. The van der Waals surface area contributed by atoms with Crippen molar-refractivity contribution in [2.45, 2.75) is 25.6 Å². The second-order valence-corrected chi connectivity index (χ2v) is 6.38. The van der Waals surface area contributed by atoms with Gasteiger partial charge < -0.3 is 5.32 Å². The first-order valence-electron chi connectivity index (χ1n) is 7.54. The SMILES string of the molecule is CC(CC#Cc1ccc(C(F)(F)F)cc1)Nc1ncnc2sccc12. The van der Waals surface area contributed by atoms with E-state index in [0.717, 1.165) is 28.2 Å². The zero-order valence-corrected chi connectivity index (χ0v) is 14.1. The quantitative estimate of drug-likeness (QED) is 0.671. The molecule has 2 aromatic heterocycles. The van der Waals surface area contributed by atoms with Gasteiger partial charge in [-0.3, -0.25) is 0 Å². The molecular weight excluding hydrogens is 347 g/mol. The van der Waals surface area contributed by atoms with E-state index in [2.05, 4.69) is 27.1 Å². The second-order valence-electron chi connectivity index (χ2n) is 5.49. The molecule has 1 N–H and O–H groups in total. The lowest BCUT2D eigenvalue weighted by molar-refractivity contribution is -0.137. The summed E-state index contributed by atoms with van der Waals surface area (Å²) in [4.78, 5) is 9.36. The molecule has 1 atom stereocenters. The molecule has 3 nitrogen and oxygen atoms in total. The minimum Gasteiger partial charge on any atom is -0.366 e. The highest BCUT2D eigenvalue weighted by molar-refractivity contribution is 7.16. The van der Waals surface area contributed by atoms with Crippen molar-refractivity contribution in [3.8, 4) is 11.8 Å². The number of hydrogen-bond donors (Lipinski definition) is 1. The van der Waals surface area contributed by atoms with Crippen LogP contribution in [-0.2, 0) is 6.18 Å². The highest BCUT2D eigenvalue weighted by Gasteiger charge is 2.29. The molecule has 1 unspecified atom stereocenters. The van der Waals surface area contributed by atoms with Gasteiger partial charge in [0.05, 0.1) is 10.9 Å². The van der Waals surface area contributed by atoms with Gasteiger partial charge in [0.15, 0.2) is 0 Å². The molecule has 0 aliphatic carbocycles. The number of benzene rings is 1. The smallest absolute Gasteiger partial charge is 0.366 e. The molecule has 0 bridgehead atoms. The summed E-state index contributed by atoms with van der Waals surface area (Å²) in [7, 11) is 0. The largest absolute Gasteiger partial charge is 0.416 e. The van der Waals surface area contributed by atoms with Crippen LogP contribution in [0.1, 0.15) is 24.5 Å². The lowest BCUT2D eigenvalue weighted by Crippen LogP contribution is -2.15.